The molecular weight excluding hydrogens is 426 g/mol. The highest BCUT2D eigenvalue weighted by atomic mass is 16.5. The molecule has 0 aromatic heterocycles. The van der Waals surface area contributed by atoms with Crippen molar-refractivity contribution in [1.29, 1.82) is 0 Å². The van der Waals surface area contributed by atoms with Crippen LogP contribution in [-0.2, 0) is 11.3 Å². The van der Waals surface area contributed by atoms with Gasteiger partial charge >= 0.3 is 0 Å². The summed E-state index contributed by atoms with van der Waals surface area (Å²) in [4.78, 5) is 30.1. The van der Waals surface area contributed by atoms with Crippen LogP contribution < -0.4 is 15.0 Å². The molecule has 186 valence electrons. The quantitative estimate of drug-likeness (QED) is 0.505. The van der Waals surface area contributed by atoms with E-state index >= 15 is 0 Å². The van der Waals surface area contributed by atoms with Crippen molar-refractivity contribution in [3.05, 3.63) is 53.6 Å². The molecular formula is C28H41N3O3. The monoisotopic (exact) mass is 467 g/mol. The van der Waals surface area contributed by atoms with Gasteiger partial charge in [0.05, 0.1) is 7.11 Å². The van der Waals surface area contributed by atoms with Gasteiger partial charge in [-0.1, -0.05) is 34.6 Å². The highest BCUT2D eigenvalue weighted by molar-refractivity contribution is 5.95. The highest BCUT2D eigenvalue weighted by Crippen LogP contribution is 2.28. The summed E-state index contributed by atoms with van der Waals surface area (Å²) in [5, 5.41) is 3.03. The van der Waals surface area contributed by atoms with Gasteiger partial charge in [0.15, 0.2) is 0 Å². The Morgan fingerprint density at radius 1 is 1.00 bits per heavy atom. The van der Waals surface area contributed by atoms with E-state index in [0.717, 1.165) is 16.9 Å². The molecule has 1 atom stereocenters. The molecule has 0 aliphatic rings. The van der Waals surface area contributed by atoms with Gasteiger partial charge in [-0.3, -0.25) is 9.59 Å². The molecule has 0 radical (unpaired) electrons. The summed E-state index contributed by atoms with van der Waals surface area (Å²) in [5.74, 6) is 0.946. The molecule has 6 heteroatoms. The van der Waals surface area contributed by atoms with E-state index < -0.39 is 0 Å². The largest absolute Gasteiger partial charge is 0.497 e. The average molecular weight is 468 g/mol. The Bertz CT molecular complexity index is 975. The van der Waals surface area contributed by atoms with E-state index in [1.165, 1.54) is 0 Å². The first-order valence-electron chi connectivity index (χ1n) is 11.9. The van der Waals surface area contributed by atoms with Gasteiger partial charge in [0, 0.05) is 50.0 Å². The van der Waals surface area contributed by atoms with Crippen molar-refractivity contribution in [3.8, 4) is 5.75 Å². The summed E-state index contributed by atoms with van der Waals surface area (Å²) in [7, 11) is 5.58. The summed E-state index contributed by atoms with van der Waals surface area (Å²) in [6, 6.07) is 13.1. The number of hydrogen-bond acceptors (Lipinski definition) is 4. The maximum absolute atomic E-state index is 13.6. The normalized spacial score (nSPS) is 12.3. The van der Waals surface area contributed by atoms with Crippen LogP contribution in [0.5, 0.6) is 5.75 Å². The Balaban J connectivity index is 2.41. The molecule has 2 aromatic rings. The summed E-state index contributed by atoms with van der Waals surface area (Å²) < 4.78 is 5.24. The minimum Gasteiger partial charge on any atom is -0.497 e. The highest BCUT2D eigenvalue weighted by Gasteiger charge is 2.25. The Kier molecular flexibility index (Phi) is 9.14. The fourth-order valence-electron chi connectivity index (χ4n) is 3.76. The maximum Gasteiger partial charge on any atom is 0.254 e. The van der Waals surface area contributed by atoms with Gasteiger partial charge in [0.1, 0.15) is 5.75 Å². The zero-order valence-electron chi connectivity index (χ0n) is 22.2. The van der Waals surface area contributed by atoms with E-state index in [0.29, 0.717) is 24.3 Å². The Hall–Kier alpha value is -3.02. The van der Waals surface area contributed by atoms with Crippen LogP contribution in [0.2, 0.25) is 0 Å². The molecule has 0 saturated carbocycles. The molecule has 0 aliphatic heterocycles. The van der Waals surface area contributed by atoms with Crippen LogP contribution in [0.15, 0.2) is 42.5 Å². The van der Waals surface area contributed by atoms with Crippen molar-refractivity contribution < 1.29 is 14.3 Å². The SMILES string of the molecule is COc1ccc(C(=O)N(Cc2cc(NC(=O)CC(C)(C)C)ccc2N(C)C)C(C)C(C)C)cc1. The lowest BCUT2D eigenvalue weighted by Crippen LogP contribution is -2.41. The summed E-state index contributed by atoms with van der Waals surface area (Å²) in [6.07, 6.45) is 0.435. The summed E-state index contributed by atoms with van der Waals surface area (Å²) in [5.41, 5.74) is 3.26. The second-order valence-corrected chi connectivity index (χ2v) is 10.7. The number of nitrogens with one attached hydrogen (secondary N) is 1. The third-order valence-electron chi connectivity index (χ3n) is 5.93. The van der Waals surface area contributed by atoms with Crippen LogP contribution >= 0.6 is 0 Å². The van der Waals surface area contributed by atoms with E-state index in [4.69, 9.17) is 4.74 Å². The Morgan fingerprint density at radius 3 is 2.12 bits per heavy atom. The zero-order valence-corrected chi connectivity index (χ0v) is 22.2. The van der Waals surface area contributed by atoms with Gasteiger partial charge in [-0.05, 0) is 66.3 Å². The number of carbonyl (C=O) groups is 2. The molecule has 2 amide bonds. The molecule has 2 rings (SSSR count). The van der Waals surface area contributed by atoms with Gasteiger partial charge in [-0.2, -0.15) is 0 Å². The predicted octanol–water partition coefficient (Wildman–Crippen LogP) is 5.82. The van der Waals surface area contributed by atoms with Gasteiger partial charge in [-0.15, -0.1) is 0 Å². The first-order valence-corrected chi connectivity index (χ1v) is 11.9. The standard InChI is InChI=1S/C28H41N3O3/c1-19(2)20(3)31(27(33)21-10-13-24(34-9)14-11-21)18-22-16-23(12-15-25(22)30(7)8)29-26(32)17-28(4,5)6/h10-16,19-20H,17-18H2,1-9H3,(H,29,32). The minimum absolute atomic E-state index is 0.0160. The third kappa shape index (κ3) is 7.51. The van der Waals surface area contributed by atoms with Gasteiger partial charge in [-0.25, -0.2) is 0 Å². The van der Waals surface area contributed by atoms with Crippen LogP contribution in [0.25, 0.3) is 0 Å². The van der Waals surface area contributed by atoms with E-state index in [-0.39, 0.29) is 29.2 Å². The van der Waals surface area contributed by atoms with Crippen LogP contribution in [0.4, 0.5) is 11.4 Å². The van der Waals surface area contributed by atoms with E-state index in [9.17, 15) is 9.59 Å². The Morgan fingerprint density at radius 2 is 1.62 bits per heavy atom. The number of hydrogen-bond donors (Lipinski definition) is 1. The number of methoxy groups -OCH3 is 1. The van der Waals surface area contributed by atoms with Gasteiger partial charge in [0.2, 0.25) is 5.91 Å². The Labute approximate surface area is 205 Å². The number of benzene rings is 2. The second-order valence-electron chi connectivity index (χ2n) is 10.7. The van der Waals surface area contributed by atoms with Crippen molar-refractivity contribution in [2.24, 2.45) is 11.3 Å². The maximum atomic E-state index is 13.6. The van der Waals surface area contributed by atoms with E-state index in [1.54, 1.807) is 19.2 Å². The molecule has 6 nitrogen and oxygen atoms in total. The predicted molar refractivity (Wildman–Crippen MR) is 141 cm³/mol. The van der Waals surface area contributed by atoms with Gasteiger partial charge < -0.3 is 19.9 Å². The molecule has 0 saturated heterocycles. The van der Waals surface area contributed by atoms with E-state index in [1.807, 2.05) is 75.0 Å². The topological polar surface area (TPSA) is 61.9 Å². The number of ether oxygens (including phenoxy) is 1. The van der Waals surface area contributed by atoms with Gasteiger partial charge in [0.25, 0.3) is 5.91 Å². The molecule has 2 aromatic carbocycles. The molecule has 1 unspecified atom stereocenters. The second kappa shape index (κ2) is 11.4. The average Bonchev–Trinajstić information content (AvgIpc) is 2.75. The summed E-state index contributed by atoms with van der Waals surface area (Å²) in [6.45, 7) is 12.9. The molecule has 1 N–H and O–H groups in total. The molecule has 0 aliphatic carbocycles. The van der Waals surface area contributed by atoms with Crippen molar-refractivity contribution in [2.45, 2.75) is 60.5 Å². The number of nitrogens with zero attached hydrogens (tertiary/aromatic N) is 2. The molecule has 0 spiro atoms. The molecule has 34 heavy (non-hydrogen) atoms. The minimum atomic E-state index is -0.0925. The number of anilines is 2. The molecule has 0 heterocycles. The molecule has 0 fully saturated rings. The fraction of sp³-hybridized carbons (Fsp3) is 0.500. The number of amides is 2. The fourth-order valence-corrected chi connectivity index (χ4v) is 3.76. The van der Waals surface area contributed by atoms with Crippen molar-refractivity contribution in [2.75, 3.05) is 31.4 Å². The van der Waals surface area contributed by atoms with Crippen LogP contribution in [-0.4, -0.2) is 44.0 Å². The lowest BCUT2D eigenvalue weighted by molar-refractivity contribution is -0.117. The van der Waals surface area contributed by atoms with Crippen molar-refractivity contribution in [3.63, 3.8) is 0 Å². The molecule has 0 bridgehead atoms. The van der Waals surface area contributed by atoms with Crippen LogP contribution in [0.1, 0.15) is 63.9 Å². The number of rotatable bonds is 9. The zero-order chi connectivity index (χ0) is 25.6. The van der Waals surface area contributed by atoms with Crippen LogP contribution in [0.3, 0.4) is 0 Å². The van der Waals surface area contributed by atoms with E-state index in [2.05, 4.69) is 26.1 Å². The summed E-state index contributed by atoms with van der Waals surface area (Å²) >= 11 is 0. The smallest absolute Gasteiger partial charge is 0.254 e. The van der Waals surface area contributed by atoms with Crippen molar-refractivity contribution >= 4 is 23.2 Å². The van der Waals surface area contributed by atoms with Crippen LogP contribution in [0, 0.1) is 11.3 Å². The first-order chi connectivity index (χ1) is 15.8. The lowest BCUT2D eigenvalue weighted by Gasteiger charge is -2.33. The third-order valence-corrected chi connectivity index (χ3v) is 5.93. The number of carbonyl (C=O) groups excluding carboxylic acids is 2. The lowest BCUT2D eigenvalue weighted by atomic mass is 9.92. The van der Waals surface area contributed by atoms with Crippen molar-refractivity contribution in [1.82, 2.24) is 4.90 Å². The first kappa shape index (κ1) is 27.2.